The van der Waals surface area contributed by atoms with Crippen LogP contribution in [0.15, 0.2) is 69.3 Å². The van der Waals surface area contributed by atoms with Gasteiger partial charge in [0.25, 0.3) is 5.56 Å². The van der Waals surface area contributed by atoms with Crippen molar-refractivity contribution in [3.05, 3.63) is 92.3 Å². The van der Waals surface area contributed by atoms with E-state index in [4.69, 9.17) is 0 Å². The molecule has 0 atom stereocenters. The predicted octanol–water partition coefficient (Wildman–Crippen LogP) is 1.57. The molecule has 0 unspecified atom stereocenters. The number of benzene rings is 2. The second-order valence-corrected chi connectivity index (χ2v) is 6.84. The molecule has 3 rings (SSSR count). The average Bonchev–Trinajstić information content (AvgIpc) is 2.78. The molecule has 1 amide bonds. The van der Waals surface area contributed by atoms with E-state index in [0.717, 1.165) is 24.3 Å². The van der Waals surface area contributed by atoms with Crippen LogP contribution in [0.5, 0.6) is 0 Å². The van der Waals surface area contributed by atoms with E-state index in [2.05, 4.69) is 49.7 Å². The van der Waals surface area contributed by atoms with Gasteiger partial charge >= 0.3 is 5.69 Å². The minimum atomic E-state index is -0.684. The van der Waals surface area contributed by atoms with Gasteiger partial charge in [-0.1, -0.05) is 42.5 Å². The number of hydrogen-bond donors (Lipinski definition) is 3. The molecule has 0 aliphatic heterocycles. The van der Waals surface area contributed by atoms with Crippen LogP contribution in [0.25, 0.3) is 0 Å². The zero-order valence-electron chi connectivity index (χ0n) is 17.2. The average molecular weight is 420 g/mol. The third-order valence-corrected chi connectivity index (χ3v) is 4.63. The minimum Gasteiger partial charge on any atom is -0.367 e. The number of hydrazone groups is 1. The highest BCUT2D eigenvalue weighted by Crippen LogP contribution is 2.17. The molecule has 1 aromatic heterocycles. The van der Waals surface area contributed by atoms with E-state index < -0.39 is 11.2 Å². The first-order valence-electron chi connectivity index (χ1n) is 9.94. The third-order valence-electron chi connectivity index (χ3n) is 4.63. The molecule has 3 N–H and O–H groups in total. The standard InChI is InChI=1S/C22H24N6O3/c1-2-28(15-17-6-4-3-5-7-17)18-10-8-16(9-11-18)14-23-26-20(29)13-12-19-21(30)24-22(31)27-25-19/h3-11,14H,2,12-13,15H2,1H3,(H,26,29)(H2,24,27,30,31)/b23-14+. The number of rotatable bonds is 9. The maximum absolute atomic E-state index is 11.9. The van der Waals surface area contributed by atoms with Gasteiger partial charge in [-0.3, -0.25) is 14.6 Å². The number of aryl methyl sites for hydroxylation is 1. The summed E-state index contributed by atoms with van der Waals surface area (Å²) in [7, 11) is 0. The monoisotopic (exact) mass is 420 g/mol. The number of carbonyl (C=O) groups is 1. The molecule has 0 fully saturated rings. The molecule has 3 aromatic rings. The Morgan fingerprint density at radius 1 is 1.13 bits per heavy atom. The summed E-state index contributed by atoms with van der Waals surface area (Å²) in [5, 5.41) is 9.71. The predicted molar refractivity (Wildman–Crippen MR) is 119 cm³/mol. The van der Waals surface area contributed by atoms with Gasteiger partial charge in [-0.15, -0.1) is 0 Å². The van der Waals surface area contributed by atoms with Gasteiger partial charge in [0.15, 0.2) is 0 Å². The van der Waals surface area contributed by atoms with Gasteiger partial charge in [0.05, 0.1) is 6.21 Å². The fraction of sp³-hybridized carbons (Fsp3) is 0.227. The number of anilines is 1. The van der Waals surface area contributed by atoms with E-state index in [9.17, 15) is 14.4 Å². The molecule has 31 heavy (non-hydrogen) atoms. The number of H-pyrrole nitrogens is 2. The fourth-order valence-corrected chi connectivity index (χ4v) is 2.97. The van der Waals surface area contributed by atoms with Gasteiger partial charge in [-0.05, 0) is 30.2 Å². The van der Waals surface area contributed by atoms with Crippen molar-refractivity contribution in [2.75, 3.05) is 11.4 Å². The first-order chi connectivity index (χ1) is 15.0. The molecule has 0 aliphatic carbocycles. The maximum Gasteiger partial charge on any atom is 0.342 e. The number of nitrogens with one attached hydrogen (secondary N) is 3. The van der Waals surface area contributed by atoms with Gasteiger partial charge < -0.3 is 4.90 Å². The highest BCUT2D eigenvalue weighted by Gasteiger charge is 2.07. The maximum atomic E-state index is 11.9. The smallest absolute Gasteiger partial charge is 0.342 e. The van der Waals surface area contributed by atoms with E-state index in [1.807, 2.05) is 42.5 Å². The SMILES string of the molecule is CCN(Cc1ccccc1)c1ccc(/C=N/NC(=O)CCc2n[nH]c(=O)[nH]c2=O)cc1. The van der Waals surface area contributed by atoms with E-state index >= 15 is 0 Å². The Labute approximate surface area is 178 Å². The van der Waals surface area contributed by atoms with Crippen molar-refractivity contribution < 1.29 is 4.79 Å². The van der Waals surface area contributed by atoms with Crippen LogP contribution in [0.3, 0.4) is 0 Å². The number of aromatic nitrogens is 3. The number of aromatic amines is 2. The summed E-state index contributed by atoms with van der Waals surface area (Å²) in [6.07, 6.45) is 1.67. The van der Waals surface area contributed by atoms with Crippen LogP contribution in [-0.2, 0) is 17.8 Å². The molecule has 0 spiro atoms. The lowest BCUT2D eigenvalue weighted by atomic mass is 10.1. The Kier molecular flexibility index (Phi) is 7.47. The zero-order chi connectivity index (χ0) is 22.1. The molecular weight excluding hydrogens is 396 g/mol. The molecule has 0 aliphatic rings. The second-order valence-electron chi connectivity index (χ2n) is 6.84. The minimum absolute atomic E-state index is 0.0172. The van der Waals surface area contributed by atoms with E-state index in [-0.39, 0.29) is 24.4 Å². The summed E-state index contributed by atoms with van der Waals surface area (Å²) in [4.78, 5) is 38.7. The van der Waals surface area contributed by atoms with Crippen LogP contribution in [0.1, 0.15) is 30.2 Å². The molecule has 1 heterocycles. The molecule has 0 saturated heterocycles. The Balaban J connectivity index is 1.51. The first-order valence-corrected chi connectivity index (χ1v) is 9.94. The van der Waals surface area contributed by atoms with Crippen LogP contribution in [0, 0.1) is 0 Å². The van der Waals surface area contributed by atoms with E-state index in [1.54, 1.807) is 6.21 Å². The van der Waals surface area contributed by atoms with Crippen LogP contribution >= 0.6 is 0 Å². The lowest BCUT2D eigenvalue weighted by Gasteiger charge is -2.23. The Morgan fingerprint density at radius 3 is 2.55 bits per heavy atom. The van der Waals surface area contributed by atoms with Crippen molar-refractivity contribution in [1.29, 1.82) is 0 Å². The topological polar surface area (TPSA) is 123 Å². The summed E-state index contributed by atoms with van der Waals surface area (Å²) in [6.45, 7) is 3.82. The van der Waals surface area contributed by atoms with E-state index in [0.29, 0.717) is 0 Å². The Morgan fingerprint density at radius 2 is 1.87 bits per heavy atom. The molecule has 160 valence electrons. The Bertz CT molecular complexity index is 1140. The zero-order valence-corrected chi connectivity index (χ0v) is 17.2. The van der Waals surface area contributed by atoms with Crippen molar-refractivity contribution in [3.8, 4) is 0 Å². The summed E-state index contributed by atoms with van der Waals surface area (Å²) < 4.78 is 0. The van der Waals surface area contributed by atoms with Gasteiger partial charge in [0.2, 0.25) is 5.91 Å². The lowest BCUT2D eigenvalue weighted by Crippen LogP contribution is -2.28. The van der Waals surface area contributed by atoms with Gasteiger partial charge in [0.1, 0.15) is 5.69 Å². The van der Waals surface area contributed by atoms with Gasteiger partial charge in [-0.2, -0.15) is 10.2 Å². The van der Waals surface area contributed by atoms with Crippen molar-refractivity contribution in [3.63, 3.8) is 0 Å². The van der Waals surface area contributed by atoms with Crippen LogP contribution in [0.4, 0.5) is 5.69 Å². The number of carbonyl (C=O) groups excluding carboxylic acids is 1. The summed E-state index contributed by atoms with van der Waals surface area (Å²) in [5.41, 5.74) is 4.42. The molecule has 2 aromatic carbocycles. The number of hydrogen-bond acceptors (Lipinski definition) is 6. The van der Waals surface area contributed by atoms with Crippen LogP contribution < -0.4 is 21.6 Å². The molecule has 0 saturated carbocycles. The van der Waals surface area contributed by atoms with Crippen molar-refractivity contribution in [1.82, 2.24) is 20.6 Å². The van der Waals surface area contributed by atoms with Gasteiger partial charge in [-0.25, -0.2) is 15.3 Å². The fourth-order valence-electron chi connectivity index (χ4n) is 2.97. The molecule has 9 heteroatoms. The molecule has 0 radical (unpaired) electrons. The van der Waals surface area contributed by atoms with Crippen LogP contribution in [-0.4, -0.2) is 33.8 Å². The molecule has 9 nitrogen and oxygen atoms in total. The molecule has 0 bridgehead atoms. The highest BCUT2D eigenvalue weighted by atomic mass is 16.2. The lowest BCUT2D eigenvalue weighted by molar-refractivity contribution is -0.121. The van der Waals surface area contributed by atoms with Crippen LogP contribution in [0.2, 0.25) is 0 Å². The molecular formula is C22H24N6O3. The van der Waals surface area contributed by atoms with Crippen molar-refractivity contribution >= 4 is 17.8 Å². The summed E-state index contributed by atoms with van der Waals surface area (Å²) in [5.74, 6) is -0.361. The second kappa shape index (κ2) is 10.7. The summed E-state index contributed by atoms with van der Waals surface area (Å²) >= 11 is 0. The normalized spacial score (nSPS) is 10.9. The van der Waals surface area contributed by atoms with Crippen molar-refractivity contribution in [2.24, 2.45) is 5.10 Å². The Hall–Kier alpha value is -4.01. The first kappa shape index (κ1) is 21.7. The van der Waals surface area contributed by atoms with Crippen molar-refractivity contribution in [2.45, 2.75) is 26.3 Å². The summed E-state index contributed by atoms with van der Waals surface area (Å²) in [6, 6.07) is 18.2. The highest BCUT2D eigenvalue weighted by molar-refractivity contribution is 5.82. The van der Waals surface area contributed by atoms with E-state index in [1.165, 1.54) is 5.56 Å². The number of amides is 1. The largest absolute Gasteiger partial charge is 0.367 e. The van der Waals surface area contributed by atoms with Gasteiger partial charge in [0, 0.05) is 31.6 Å². The third kappa shape index (κ3) is 6.49. The quantitative estimate of drug-likeness (QED) is 0.358. The number of nitrogens with zero attached hydrogens (tertiary/aromatic N) is 3.